The zero-order chi connectivity index (χ0) is 24.5. The summed E-state index contributed by atoms with van der Waals surface area (Å²) in [5.74, 6) is -0.0107. The first kappa shape index (κ1) is 21.7. The molecule has 8 nitrogen and oxygen atoms in total. The Kier molecular flexibility index (Phi) is 5.46. The zero-order valence-electron chi connectivity index (χ0n) is 19.6. The Hall–Kier alpha value is -4.85. The van der Waals surface area contributed by atoms with Crippen LogP contribution in [0, 0.1) is 0 Å². The van der Waals surface area contributed by atoms with Crippen LogP contribution in [0.4, 0.5) is 5.69 Å². The SMILES string of the molecule is CCCC(=O)Nc1cncc(-c2ccc3[nH]nc(-c4cc5c(-c6ccncc6)cncc5[nH]4)c3c2)c1. The molecule has 0 unspecified atom stereocenters. The van der Waals surface area contributed by atoms with E-state index in [-0.39, 0.29) is 5.91 Å². The summed E-state index contributed by atoms with van der Waals surface area (Å²) in [5.41, 5.74) is 8.27. The molecular weight excluding hydrogens is 450 g/mol. The molecular formula is C28H23N7O. The molecule has 0 saturated carbocycles. The van der Waals surface area contributed by atoms with E-state index in [0.29, 0.717) is 12.1 Å². The molecule has 0 radical (unpaired) electrons. The van der Waals surface area contributed by atoms with Crippen LogP contribution in [0.5, 0.6) is 0 Å². The summed E-state index contributed by atoms with van der Waals surface area (Å²) in [6.07, 6.45) is 12.0. The molecule has 5 aromatic heterocycles. The fourth-order valence-corrected chi connectivity index (χ4v) is 4.46. The number of rotatable bonds is 6. The smallest absolute Gasteiger partial charge is 0.224 e. The van der Waals surface area contributed by atoms with Gasteiger partial charge >= 0.3 is 0 Å². The predicted molar refractivity (Wildman–Crippen MR) is 141 cm³/mol. The van der Waals surface area contributed by atoms with Gasteiger partial charge in [0, 0.05) is 53.1 Å². The van der Waals surface area contributed by atoms with Gasteiger partial charge in [-0.15, -0.1) is 0 Å². The summed E-state index contributed by atoms with van der Waals surface area (Å²) in [5, 5.41) is 12.7. The lowest BCUT2D eigenvalue weighted by Crippen LogP contribution is -2.10. The number of pyridine rings is 3. The predicted octanol–water partition coefficient (Wildman–Crippen LogP) is 5.97. The lowest BCUT2D eigenvalue weighted by atomic mass is 10.0. The van der Waals surface area contributed by atoms with Crippen molar-refractivity contribution in [2.75, 3.05) is 5.32 Å². The molecule has 1 amide bonds. The lowest BCUT2D eigenvalue weighted by Gasteiger charge is -2.07. The fourth-order valence-electron chi connectivity index (χ4n) is 4.46. The lowest BCUT2D eigenvalue weighted by molar-refractivity contribution is -0.116. The number of hydrogen-bond donors (Lipinski definition) is 3. The first-order valence-corrected chi connectivity index (χ1v) is 11.8. The standard InChI is InChI=1S/C28H23N7O/c1-2-3-27(36)32-20-10-19(13-30-14-20)18-4-5-24-22(11-18)28(35-34-24)25-12-21-23(15-31-16-26(21)33-25)17-6-8-29-9-7-17/h4-16,33H,2-3H2,1H3,(H,32,36)(H,34,35). The number of nitrogens with zero attached hydrogens (tertiary/aromatic N) is 4. The molecule has 6 rings (SSSR count). The first-order chi connectivity index (χ1) is 17.7. The highest BCUT2D eigenvalue weighted by atomic mass is 16.1. The third-order valence-corrected chi connectivity index (χ3v) is 6.19. The van der Waals surface area contributed by atoms with Gasteiger partial charge < -0.3 is 10.3 Å². The normalized spacial score (nSPS) is 11.2. The minimum atomic E-state index is -0.0107. The van der Waals surface area contributed by atoms with Crippen molar-refractivity contribution in [1.82, 2.24) is 30.1 Å². The summed E-state index contributed by atoms with van der Waals surface area (Å²) in [6, 6.07) is 14.1. The summed E-state index contributed by atoms with van der Waals surface area (Å²) in [4.78, 5) is 28.4. The van der Waals surface area contributed by atoms with Crippen molar-refractivity contribution >= 4 is 33.4 Å². The molecule has 0 bridgehead atoms. The molecule has 0 aliphatic rings. The molecule has 5 heterocycles. The summed E-state index contributed by atoms with van der Waals surface area (Å²) >= 11 is 0. The van der Waals surface area contributed by atoms with Crippen LogP contribution in [0.3, 0.4) is 0 Å². The second kappa shape index (κ2) is 9.07. The van der Waals surface area contributed by atoms with E-state index in [1.807, 2.05) is 49.6 Å². The fraction of sp³-hybridized carbons (Fsp3) is 0.107. The highest BCUT2D eigenvalue weighted by Gasteiger charge is 2.15. The highest BCUT2D eigenvalue weighted by Crippen LogP contribution is 2.34. The quantitative estimate of drug-likeness (QED) is 0.276. The van der Waals surface area contributed by atoms with Gasteiger partial charge in [0.1, 0.15) is 5.69 Å². The van der Waals surface area contributed by atoms with Gasteiger partial charge in [0.05, 0.1) is 34.8 Å². The molecule has 0 aliphatic heterocycles. The molecule has 0 spiro atoms. The van der Waals surface area contributed by atoms with Crippen LogP contribution in [-0.4, -0.2) is 36.0 Å². The number of benzene rings is 1. The van der Waals surface area contributed by atoms with Crippen LogP contribution in [0.1, 0.15) is 19.8 Å². The number of carbonyl (C=O) groups is 1. The number of fused-ring (bicyclic) bond motifs is 2. The van der Waals surface area contributed by atoms with Gasteiger partial charge in [-0.05, 0) is 53.9 Å². The zero-order valence-corrected chi connectivity index (χ0v) is 19.6. The number of amides is 1. The minimum absolute atomic E-state index is 0.0107. The first-order valence-electron chi connectivity index (χ1n) is 11.8. The van der Waals surface area contributed by atoms with Crippen molar-refractivity contribution in [1.29, 1.82) is 0 Å². The van der Waals surface area contributed by atoms with Gasteiger partial charge in [-0.25, -0.2) is 0 Å². The number of aromatic nitrogens is 6. The van der Waals surface area contributed by atoms with E-state index in [4.69, 9.17) is 0 Å². The maximum atomic E-state index is 12.0. The molecule has 0 atom stereocenters. The Bertz CT molecular complexity index is 1700. The van der Waals surface area contributed by atoms with E-state index in [2.05, 4.69) is 47.6 Å². The van der Waals surface area contributed by atoms with Crippen molar-refractivity contribution in [3.63, 3.8) is 0 Å². The molecule has 8 heteroatoms. The van der Waals surface area contributed by atoms with Crippen molar-refractivity contribution in [2.24, 2.45) is 0 Å². The number of nitrogens with one attached hydrogen (secondary N) is 3. The average molecular weight is 474 g/mol. The highest BCUT2D eigenvalue weighted by molar-refractivity contribution is 6.01. The summed E-state index contributed by atoms with van der Waals surface area (Å²) in [6.45, 7) is 1.98. The van der Waals surface area contributed by atoms with Crippen LogP contribution in [0.25, 0.3) is 55.4 Å². The van der Waals surface area contributed by atoms with Gasteiger partial charge in [-0.1, -0.05) is 13.0 Å². The maximum absolute atomic E-state index is 12.0. The van der Waals surface area contributed by atoms with Crippen molar-refractivity contribution in [2.45, 2.75) is 19.8 Å². The Morgan fingerprint density at radius 2 is 1.69 bits per heavy atom. The largest absolute Gasteiger partial charge is 0.352 e. The van der Waals surface area contributed by atoms with Gasteiger partial charge in [0.2, 0.25) is 5.91 Å². The number of anilines is 1. The van der Waals surface area contributed by atoms with Gasteiger partial charge in [-0.2, -0.15) is 5.10 Å². The second-order valence-electron chi connectivity index (χ2n) is 8.66. The minimum Gasteiger partial charge on any atom is -0.352 e. The van der Waals surface area contributed by atoms with Crippen LogP contribution in [0.15, 0.2) is 79.6 Å². The van der Waals surface area contributed by atoms with Crippen LogP contribution in [-0.2, 0) is 4.79 Å². The van der Waals surface area contributed by atoms with Crippen LogP contribution >= 0.6 is 0 Å². The van der Waals surface area contributed by atoms with E-state index in [1.54, 1.807) is 24.8 Å². The van der Waals surface area contributed by atoms with Crippen LogP contribution in [0.2, 0.25) is 0 Å². The van der Waals surface area contributed by atoms with Crippen molar-refractivity contribution in [3.8, 4) is 33.6 Å². The van der Waals surface area contributed by atoms with E-state index < -0.39 is 0 Å². The van der Waals surface area contributed by atoms with Gasteiger partial charge in [0.25, 0.3) is 0 Å². The van der Waals surface area contributed by atoms with Gasteiger partial charge in [0.15, 0.2) is 0 Å². The third-order valence-electron chi connectivity index (χ3n) is 6.19. The molecule has 0 fully saturated rings. The van der Waals surface area contributed by atoms with Crippen LogP contribution < -0.4 is 5.32 Å². The van der Waals surface area contributed by atoms with E-state index in [9.17, 15) is 4.79 Å². The second-order valence-corrected chi connectivity index (χ2v) is 8.66. The van der Waals surface area contributed by atoms with E-state index in [0.717, 1.165) is 61.9 Å². The molecule has 1 aromatic carbocycles. The molecule has 3 N–H and O–H groups in total. The summed E-state index contributed by atoms with van der Waals surface area (Å²) < 4.78 is 0. The monoisotopic (exact) mass is 473 g/mol. The Morgan fingerprint density at radius 3 is 2.56 bits per heavy atom. The molecule has 36 heavy (non-hydrogen) atoms. The van der Waals surface area contributed by atoms with Gasteiger partial charge in [-0.3, -0.25) is 24.8 Å². The molecule has 176 valence electrons. The maximum Gasteiger partial charge on any atom is 0.224 e. The summed E-state index contributed by atoms with van der Waals surface area (Å²) in [7, 11) is 0. The van der Waals surface area contributed by atoms with E-state index >= 15 is 0 Å². The van der Waals surface area contributed by atoms with Crippen molar-refractivity contribution in [3.05, 3.63) is 79.6 Å². The van der Waals surface area contributed by atoms with Crippen molar-refractivity contribution < 1.29 is 4.79 Å². The third kappa shape index (κ3) is 3.98. The Labute approximate surface area is 206 Å². The molecule has 6 aromatic rings. The average Bonchev–Trinajstić information content (AvgIpc) is 3.53. The Balaban J connectivity index is 1.40. The number of carbonyl (C=O) groups excluding carboxylic acids is 1. The van der Waals surface area contributed by atoms with E-state index in [1.165, 1.54) is 0 Å². The number of aromatic amines is 2. The molecule has 0 saturated heterocycles. The number of hydrogen-bond acceptors (Lipinski definition) is 5. The molecule has 0 aliphatic carbocycles. The number of H-pyrrole nitrogens is 2. The topological polar surface area (TPSA) is 112 Å². The Morgan fingerprint density at radius 1 is 0.833 bits per heavy atom.